The zero-order chi connectivity index (χ0) is 22.0. The number of nitro groups is 1. The molecule has 0 saturated carbocycles. The standard InChI is InChI=1S/C22H11BrClN3O3S/c23-15-3-1-13(2-4-15)20-12-31-22(26-20)14(11-25)9-17-6-8-21(30-17)18-7-5-16(27(28)29)10-19(18)24/h1-10,12H/b14-9+. The van der Waals surface area contributed by atoms with Crippen LogP contribution >= 0.6 is 38.9 Å². The molecule has 0 aliphatic heterocycles. The summed E-state index contributed by atoms with van der Waals surface area (Å²) in [5, 5.41) is 23.2. The summed E-state index contributed by atoms with van der Waals surface area (Å²) in [5.74, 6) is 0.888. The highest BCUT2D eigenvalue weighted by Crippen LogP contribution is 2.33. The molecule has 31 heavy (non-hydrogen) atoms. The molecule has 0 radical (unpaired) electrons. The second-order valence-electron chi connectivity index (χ2n) is 6.34. The summed E-state index contributed by atoms with van der Waals surface area (Å²) in [6.07, 6.45) is 1.60. The number of nitriles is 1. The molecule has 0 aliphatic rings. The Balaban J connectivity index is 1.62. The van der Waals surface area contributed by atoms with Crippen LogP contribution in [0, 0.1) is 21.4 Å². The van der Waals surface area contributed by atoms with Crippen LogP contribution in [0.25, 0.3) is 34.2 Å². The summed E-state index contributed by atoms with van der Waals surface area (Å²) >= 11 is 11.0. The zero-order valence-electron chi connectivity index (χ0n) is 15.6. The van der Waals surface area contributed by atoms with Gasteiger partial charge in [0.25, 0.3) is 5.69 Å². The Labute approximate surface area is 194 Å². The van der Waals surface area contributed by atoms with E-state index in [-0.39, 0.29) is 10.7 Å². The van der Waals surface area contributed by atoms with E-state index in [4.69, 9.17) is 16.0 Å². The fourth-order valence-electron chi connectivity index (χ4n) is 2.83. The normalized spacial score (nSPS) is 11.3. The van der Waals surface area contributed by atoms with Crippen LogP contribution in [0.2, 0.25) is 5.02 Å². The molecule has 152 valence electrons. The number of furan rings is 1. The Bertz CT molecular complexity index is 1350. The first-order chi connectivity index (χ1) is 14.9. The predicted molar refractivity (Wildman–Crippen MR) is 125 cm³/mol. The van der Waals surface area contributed by atoms with E-state index in [1.54, 1.807) is 18.2 Å². The summed E-state index contributed by atoms with van der Waals surface area (Å²) in [4.78, 5) is 14.9. The number of hydrogen-bond acceptors (Lipinski definition) is 6. The van der Waals surface area contributed by atoms with E-state index in [9.17, 15) is 15.4 Å². The lowest BCUT2D eigenvalue weighted by Crippen LogP contribution is -1.88. The monoisotopic (exact) mass is 511 g/mol. The van der Waals surface area contributed by atoms with Crippen molar-refractivity contribution in [2.24, 2.45) is 0 Å². The predicted octanol–water partition coefficient (Wildman–Crippen LogP) is 7.46. The van der Waals surface area contributed by atoms with Gasteiger partial charge in [0.15, 0.2) is 0 Å². The van der Waals surface area contributed by atoms with Gasteiger partial charge in [-0.15, -0.1) is 11.3 Å². The molecule has 0 bridgehead atoms. The molecule has 6 nitrogen and oxygen atoms in total. The smallest absolute Gasteiger partial charge is 0.270 e. The summed E-state index contributed by atoms with van der Waals surface area (Å²) < 4.78 is 6.78. The van der Waals surface area contributed by atoms with Gasteiger partial charge < -0.3 is 4.42 Å². The van der Waals surface area contributed by atoms with E-state index in [2.05, 4.69) is 27.0 Å². The molecule has 0 amide bonds. The molecule has 0 saturated heterocycles. The summed E-state index contributed by atoms with van der Waals surface area (Å²) in [7, 11) is 0. The van der Waals surface area contributed by atoms with Crippen LogP contribution in [0.5, 0.6) is 0 Å². The molecule has 2 heterocycles. The molecule has 0 N–H and O–H groups in total. The van der Waals surface area contributed by atoms with E-state index in [0.717, 1.165) is 15.7 Å². The van der Waals surface area contributed by atoms with E-state index in [1.165, 1.54) is 29.5 Å². The lowest BCUT2D eigenvalue weighted by atomic mass is 10.1. The molecule has 2 aromatic heterocycles. The number of nitro benzene ring substituents is 1. The molecule has 2 aromatic carbocycles. The molecule has 0 aliphatic carbocycles. The fourth-order valence-corrected chi connectivity index (χ4v) is 4.15. The minimum absolute atomic E-state index is 0.0995. The van der Waals surface area contributed by atoms with Crippen molar-refractivity contribution in [2.45, 2.75) is 0 Å². The first-order valence-corrected chi connectivity index (χ1v) is 10.9. The van der Waals surface area contributed by atoms with Gasteiger partial charge in [0.05, 0.1) is 21.2 Å². The van der Waals surface area contributed by atoms with Crippen molar-refractivity contribution in [1.82, 2.24) is 4.98 Å². The van der Waals surface area contributed by atoms with Crippen LogP contribution in [-0.4, -0.2) is 9.91 Å². The summed E-state index contributed by atoms with van der Waals surface area (Å²) in [6.45, 7) is 0. The quantitative estimate of drug-likeness (QED) is 0.157. The van der Waals surface area contributed by atoms with Gasteiger partial charge in [0, 0.05) is 39.2 Å². The Morgan fingerprint density at radius 2 is 2.00 bits per heavy atom. The van der Waals surface area contributed by atoms with Gasteiger partial charge in [0.2, 0.25) is 0 Å². The number of aromatic nitrogens is 1. The van der Waals surface area contributed by atoms with Crippen LogP contribution in [0.1, 0.15) is 10.8 Å². The summed E-state index contributed by atoms with van der Waals surface area (Å²) in [6, 6.07) is 17.5. The van der Waals surface area contributed by atoms with E-state index < -0.39 is 4.92 Å². The number of rotatable bonds is 5. The number of halogens is 2. The molecular weight excluding hydrogens is 502 g/mol. The molecular formula is C22H11BrClN3O3S. The van der Waals surface area contributed by atoms with Gasteiger partial charge in [-0.25, -0.2) is 4.98 Å². The molecule has 0 atom stereocenters. The molecule has 0 unspecified atom stereocenters. The van der Waals surface area contributed by atoms with Gasteiger partial charge >= 0.3 is 0 Å². The second kappa shape index (κ2) is 8.86. The third-order valence-corrected chi connectivity index (χ3v) is 6.05. The third kappa shape index (κ3) is 4.59. The minimum atomic E-state index is -0.512. The largest absolute Gasteiger partial charge is 0.457 e. The second-order valence-corrected chi connectivity index (χ2v) is 8.52. The highest BCUT2D eigenvalue weighted by molar-refractivity contribution is 9.10. The lowest BCUT2D eigenvalue weighted by molar-refractivity contribution is -0.384. The van der Waals surface area contributed by atoms with Crippen molar-refractivity contribution in [1.29, 1.82) is 5.26 Å². The van der Waals surface area contributed by atoms with Gasteiger partial charge in [-0.3, -0.25) is 10.1 Å². The highest BCUT2D eigenvalue weighted by Gasteiger charge is 2.14. The first-order valence-electron chi connectivity index (χ1n) is 8.82. The fraction of sp³-hybridized carbons (Fsp3) is 0. The number of non-ortho nitro benzene ring substituents is 1. The van der Waals surface area contributed by atoms with Gasteiger partial charge in [-0.2, -0.15) is 5.26 Å². The molecule has 0 spiro atoms. The van der Waals surface area contributed by atoms with E-state index in [0.29, 0.717) is 27.7 Å². The molecule has 4 rings (SSSR count). The van der Waals surface area contributed by atoms with Crippen molar-refractivity contribution in [3.63, 3.8) is 0 Å². The maximum absolute atomic E-state index is 10.9. The number of allylic oxidation sites excluding steroid dienone is 1. The molecule has 0 fully saturated rings. The first kappa shape index (κ1) is 21.0. The number of thiazole rings is 1. The Kier molecular flexibility index (Phi) is 6.00. The lowest BCUT2D eigenvalue weighted by Gasteiger charge is -2.00. The van der Waals surface area contributed by atoms with Crippen LogP contribution in [-0.2, 0) is 0 Å². The van der Waals surface area contributed by atoms with Gasteiger partial charge in [0.1, 0.15) is 22.6 Å². The number of nitrogens with zero attached hydrogens (tertiary/aromatic N) is 3. The van der Waals surface area contributed by atoms with Crippen molar-refractivity contribution in [3.8, 4) is 28.7 Å². The van der Waals surface area contributed by atoms with Crippen molar-refractivity contribution < 1.29 is 9.34 Å². The van der Waals surface area contributed by atoms with Gasteiger partial charge in [-0.05, 0) is 30.3 Å². The minimum Gasteiger partial charge on any atom is -0.457 e. The Morgan fingerprint density at radius 1 is 1.23 bits per heavy atom. The van der Waals surface area contributed by atoms with Crippen molar-refractivity contribution in [3.05, 3.63) is 90.4 Å². The molecule has 9 heteroatoms. The topological polar surface area (TPSA) is 93.0 Å². The average molecular weight is 513 g/mol. The third-order valence-electron chi connectivity index (χ3n) is 4.34. The SMILES string of the molecule is N#C/C(=C\c1ccc(-c2ccc([N+](=O)[O-])cc2Cl)o1)c1nc(-c2ccc(Br)cc2)cs1. The maximum atomic E-state index is 10.9. The van der Waals surface area contributed by atoms with Crippen LogP contribution in [0.4, 0.5) is 5.69 Å². The van der Waals surface area contributed by atoms with Gasteiger partial charge in [-0.1, -0.05) is 39.7 Å². The van der Waals surface area contributed by atoms with E-state index >= 15 is 0 Å². The van der Waals surface area contributed by atoms with Crippen molar-refractivity contribution in [2.75, 3.05) is 0 Å². The number of benzene rings is 2. The Hall–Kier alpha value is -3.25. The molecule has 4 aromatic rings. The highest BCUT2D eigenvalue weighted by atomic mass is 79.9. The average Bonchev–Trinajstić information content (AvgIpc) is 3.42. The maximum Gasteiger partial charge on any atom is 0.270 e. The van der Waals surface area contributed by atoms with Crippen LogP contribution < -0.4 is 0 Å². The van der Waals surface area contributed by atoms with Crippen LogP contribution in [0.15, 0.2) is 68.9 Å². The summed E-state index contributed by atoms with van der Waals surface area (Å²) in [5.41, 5.74) is 2.53. The van der Waals surface area contributed by atoms with Crippen LogP contribution in [0.3, 0.4) is 0 Å². The zero-order valence-corrected chi connectivity index (χ0v) is 18.7. The van der Waals surface area contributed by atoms with E-state index in [1.807, 2.05) is 29.6 Å². The van der Waals surface area contributed by atoms with Crippen molar-refractivity contribution >= 4 is 56.2 Å². The Morgan fingerprint density at radius 3 is 2.68 bits per heavy atom. The number of hydrogen-bond donors (Lipinski definition) is 0.